The van der Waals surface area contributed by atoms with Gasteiger partial charge in [-0.05, 0) is 62.6 Å². The lowest BCUT2D eigenvalue weighted by molar-refractivity contribution is -0.122. The Morgan fingerprint density at radius 1 is 1.11 bits per heavy atom. The van der Waals surface area contributed by atoms with E-state index in [0.29, 0.717) is 17.1 Å². The van der Waals surface area contributed by atoms with Crippen LogP contribution in [0.15, 0.2) is 42.5 Å². The van der Waals surface area contributed by atoms with E-state index in [1.165, 1.54) is 32.1 Å². The van der Waals surface area contributed by atoms with E-state index in [4.69, 9.17) is 14.7 Å². The van der Waals surface area contributed by atoms with Gasteiger partial charge in [0.15, 0.2) is 17.6 Å². The van der Waals surface area contributed by atoms with Gasteiger partial charge in [0.1, 0.15) is 0 Å². The van der Waals surface area contributed by atoms with Gasteiger partial charge >= 0.3 is 0 Å². The fraction of sp³-hybridized carbons (Fsp3) is 0.364. The van der Waals surface area contributed by atoms with Crippen LogP contribution in [-0.4, -0.2) is 32.2 Å². The Balaban J connectivity index is 1.60. The van der Waals surface area contributed by atoms with E-state index in [-0.39, 0.29) is 5.91 Å². The predicted octanol–water partition coefficient (Wildman–Crippen LogP) is 3.96. The molecule has 146 valence electrons. The molecule has 1 atom stereocenters. The summed E-state index contributed by atoms with van der Waals surface area (Å²) in [6.45, 7) is 3.85. The molecule has 0 unspecified atom stereocenters. The molecule has 6 nitrogen and oxygen atoms in total. The highest BCUT2D eigenvalue weighted by Crippen LogP contribution is 2.29. The summed E-state index contributed by atoms with van der Waals surface area (Å²) >= 11 is 0. The Labute approximate surface area is 165 Å². The number of nitrogens with zero attached hydrogens (tertiary/aromatic N) is 2. The predicted molar refractivity (Wildman–Crippen MR) is 109 cm³/mol. The molecule has 1 fully saturated rings. The zero-order chi connectivity index (χ0) is 19.9. The van der Waals surface area contributed by atoms with E-state index in [1.54, 1.807) is 25.1 Å². The van der Waals surface area contributed by atoms with Crippen LogP contribution in [0, 0.1) is 11.3 Å². The van der Waals surface area contributed by atoms with E-state index in [1.807, 2.05) is 30.3 Å². The van der Waals surface area contributed by atoms with Gasteiger partial charge < -0.3 is 19.7 Å². The van der Waals surface area contributed by atoms with Gasteiger partial charge in [-0.25, -0.2) is 0 Å². The maximum atomic E-state index is 12.5. The lowest BCUT2D eigenvalue weighted by Crippen LogP contribution is -2.30. The summed E-state index contributed by atoms with van der Waals surface area (Å²) < 4.78 is 11.0. The molecule has 6 heteroatoms. The SMILES string of the molecule is COc1cc(C#N)ccc1O[C@@H](C)C(=O)Nc1ccc(N2CCCCC2)cc1. The van der Waals surface area contributed by atoms with E-state index in [9.17, 15) is 4.79 Å². The van der Waals surface area contributed by atoms with Crippen molar-refractivity contribution in [2.75, 3.05) is 30.4 Å². The molecule has 0 spiro atoms. The van der Waals surface area contributed by atoms with Crippen molar-refractivity contribution in [1.29, 1.82) is 5.26 Å². The quantitative estimate of drug-likeness (QED) is 0.822. The second kappa shape index (κ2) is 9.14. The molecule has 1 saturated heterocycles. The van der Waals surface area contributed by atoms with Crippen LogP contribution in [-0.2, 0) is 4.79 Å². The number of carbonyl (C=O) groups is 1. The van der Waals surface area contributed by atoms with Crippen LogP contribution >= 0.6 is 0 Å². The normalized spacial score (nSPS) is 14.7. The maximum absolute atomic E-state index is 12.5. The fourth-order valence-corrected chi connectivity index (χ4v) is 3.23. The highest BCUT2D eigenvalue weighted by molar-refractivity contribution is 5.94. The number of carbonyl (C=O) groups excluding carboxylic acids is 1. The minimum absolute atomic E-state index is 0.253. The zero-order valence-electron chi connectivity index (χ0n) is 16.3. The lowest BCUT2D eigenvalue weighted by Gasteiger charge is -2.28. The van der Waals surface area contributed by atoms with E-state index < -0.39 is 6.10 Å². The van der Waals surface area contributed by atoms with Crippen LogP contribution < -0.4 is 19.7 Å². The molecule has 2 aromatic rings. The molecule has 0 saturated carbocycles. The highest BCUT2D eigenvalue weighted by atomic mass is 16.5. The Kier molecular flexibility index (Phi) is 6.38. The molecule has 0 aromatic heterocycles. The summed E-state index contributed by atoms with van der Waals surface area (Å²) in [4.78, 5) is 14.9. The summed E-state index contributed by atoms with van der Waals surface area (Å²) in [5.41, 5.74) is 2.38. The van der Waals surface area contributed by atoms with Crippen LogP contribution in [0.25, 0.3) is 0 Å². The molecule has 0 radical (unpaired) electrons. The van der Waals surface area contributed by atoms with E-state index >= 15 is 0 Å². The molecule has 0 bridgehead atoms. The number of methoxy groups -OCH3 is 1. The molecule has 1 N–H and O–H groups in total. The Morgan fingerprint density at radius 2 is 1.82 bits per heavy atom. The molecule has 1 aliphatic heterocycles. The Bertz CT molecular complexity index is 852. The first-order valence-corrected chi connectivity index (χ1v) is 9.51. The van der Waals surface area contributed by atoms with Crippen molar-refractivity contribution in [1.82, 2.24) is 0 Å². The maximum Gasteiger partial charge on any atom is 0.265 e. The third kappa shape index (κ3) is 4.74. The highest BCUT2D eigenvalue weighted by Gasteiger charge is 2.18. The topological polar surface area (TPSA) is 74.6 Å². The smallest absolute Gasteiger partial charge is 0.265 e. The van der Waals surface area contributed by atoms with Gasteiger partial charge in [-0.3, -0.25) is 4.79 Å². The van der Waals surface area contributed by atoms with Crippen molar-refractivity contribution in [2.24, 2.45) is 0 Å². The largest absolute Gasteiger partial charge is 0.493 e. The lowest BCUT2D eigenvalue weighted by atomic mass is 10.1. The van der Waals surface area contributed by atoms with Gasteiger partial charge in [0.25, 0.3) is 5.91 Å². The molecule has 3 rings (SSSR count). The van der Waals surface area contributed by atoms with Gasteiger partial charge in [-0.2, -0.15) is 5.26 Å². The van der Waals surface area contributed by atoms with Crippen LogP contribution in [0.5, 0.6) is 11.5 Å². The summed E-state index contributed by atoms with van der Waals surface area (Å²) in [6.07, 6.45) is 3.04. The number of rotatable bonds is 6. The number of nitrogens with one attached hydrogen (secondary N) is 1. The number of hydrogen-bond donors (Lipinski definition) is 1. The van der Waals surface area contributed by atoms with Crippen molar-refractivity contribution < 1.29 is 14.3 Å². The third-order valence-electron chi connectivity index (χ3n) is 4.82. The van der Waals surface area contributed by atoms with Gasteiger partial charge in [0.2, 0.25) is 0 Å². The molecule has 1 heterocycles. The van der Waals surface area contributed by atoms with Gasteiger partial charge in [0.05, 0.1) is 18.7 Å². The van der Waals surface area contributed by atoms with Crippen LogP contribution in [0.4, 0.5) is 11.4 Å². The molecular formula is C22H25N3O3. The average Bonchev–Trinajstić information content (AvgIpc) is 2.75. The van der Waals surface area contributed by atoms with Crippen molar-refractivity contribution in [2.45, 2.75) is 32.3 Å². The van der Waals surface area contributed by atoms with Crippen molar-refractivity contribution in [3.8, 4) is 17.6 Å². The van der Waals surface area contributed by atoms with Gasteiger partial charge in [0, 0.05) is 30.5 Å². The van der Waals surface area contributed by atoms with Crippen molar-refractivity contribution in [3.05, 3.63) is 48.0 Å². The molecule has 2 aromatic carbocycles. The number of ether oxygens (including phenoxy) is 2. The molecular weight excluding hydrogens is 354 g/mol. The number of piperidine rings is 1. The fourth-order valence-electron chi connectivity index (χ4n) is 3.23. The zero-order valence-corrected chi connectivity index (χ0v) is 16.3. The second-order valence-corrected chi connectivity index (χ2v) is 6.82. The minimum atomic E-state index is -0.719. The molecule has 28 heavy (non-hydrogen) atoms. The van der Waals surface area contributed by atoms with Crippen LogP contribution in [0.2, 0.25) is 0 Å². The summed E-state index contributed by atoms with van der Waals surface area (Å²) in [6, 6.07) is 14.8. The number of amides is 1. The number of hydrogen-bond acceptors (Lipinski definition) is 5. The van der Waals surface area contributed by atoms with Gasteiger partial charge in [-0.15, -0.1) is 0 Å². The first-order valence-electron chi connectivity index (χ1n) is 9.51. The first-order chi connectivity index (χ1) is 13.6. The van der Waals surface area contributed by atoms with E-state index in [0.717, 1.165) is 18.8 Å². The minimum Gasteiger partial charge on any atom is -0.493 e. The van der Waals surface area contributed by atoms with E-state index in [2.05, 4.69) is 10.2 Å². The van der Waals surface area contributed by atoms with Gasteiger partial charge in [-0.1, -0.05) is 0 Å². The summed E-state index contributed by atoms with van der Waals surface area (Å²) in [7, 11) is 1.50. The molecule has 0 aliphatic carbocycles. The summed E-state index contributed by atoms with van der Waals surface area (Å²) in [5, 5.41) is 11.8. The van der Waals surface area contributed by atoms with Crippen molar-refractivity contribution in [3.63, 3.8) is 0 Å². The average molecular weight is 379 g/mol. The number of anilines is 2. The monoisotopic (exact) mass is 379 g/mol. The van der Waals surface area contributed by atoms with Crippen LogP contribution in [0.3, 0.4) is 0 Å². The Hall–Kier alpha value is -3.20. The summed E-state index contributed by atoms with van der Waals surface area (Å²) in [5.74, 6) is 0.589. The third-order valence-corrected chi connectivity index (χ3v) is 4.82. The molecule has 1 aliphatic rings. The number of nitriles is 1. The number of benzene rings is 2. The first kappa shape index (κ1) is 19.6. The molecule has 1 amide bonds. The van der Waals surface area contributed by atoms with Crippen LogP contribution in [0.1, 0.15) is 31.7 Å². The van der Waals surface area contributed by atoms with Crippen molar-refractivity contribution >= 4 is 17.3 Å². The standard InChI is InChI=1S/C22H25N3O3/c1-16(28-20-11-6-17(15-23)14-21(20)27-2)22(26)24-18-7-9-19(10-8-18)25-12-4-3-5-13-25/h6-11,14,16H,3-5,12-13H2,1-2H3,(H,24,26)/t16-/m0/s1. The second-order valence-electron chi connectivity index (χ2n) is 6.82. The Morgan fingerprint density at radius 3 is 2.46 bits per heavy atom.